The lowest BCUT2D eigenvalue weighted by molar-refractivity contribution is 0.912. The molecule has 0 bridgehead atoms. The van der Waals surface area contributed by atoms with Gasteiger partial charge in [-0.05, 0) is 61.6 Å². The summed E-state index contributed by atoms with van der Waals surface area (Å²) >= 11 is 0. The number of nitrogens with two attached hydrogens (primary N) is 1. The highest BCUT2D eigenvalue weighted by Gasteiger charge is 2.11. The molecule has 1 aromatic heterocycles. The van der Waals surface area contributed by atoms with Crippen LogP contribution < -0.4 is 11.1 Å². The molecule has 3 nitrogen and oxygen atoms in total. The predicted octanol–water partition coefficient (Wildman–Crippen LogP) is 3.20. The van der Waals surface area contributed by atoms with Crippen molar-refractivity contribution in [3.05, 3.63) is 47.2 Å². The van der Waals surface area contributed by atoms with Crippen molar-refractivity contribution >= 4 is 17.2 Å². The summed E-state index contributed by atoms with van der Waals surface area (Å²) in [4.78, 5) is 4.43. The number of benzene rings is 1. The zero-order valence-corrected chi connectivity index (χ0v) is 10.5. The van der Waals surface area contributed by atoms with Gasteiger partial charge in [0.1, 0.15) is 0 Å². The molecule has 0 unspecified atom stereocenters. The molecule has 18 heavy (non-hydrogen) atoms. The first-order chi connectivity index (χ1) is 8.72. The summed E-state index contributed by atoms with van der Waals surface area (Å²) < 4.78 is 0. The summed E-state index contributed by atoms with van der Waals surface area (Å²) in [5.74, 6) is 0.743. The highest BCUT2D eigenvalue weighted by molar-refractivity contribution is 5.69. The molecular formula is C15H17N3. The van der Waals surface area contributed by atoms with Crippen LogP contribution in [0.15, 0.2) is 30.3 Å². The Balaban J connectivity index is 1.90. The van der Waals surface area contributed by atoms with Gasteiger partial charge in [-0.1, -0.05) is 6.07 Å². The molecule has 0 saturated carbocycles. The van der Waals surface area contributed by atoms with Gasteiger partial charge in [-0.3, -0.25) is 0 Å². The van der Waals surface area contributed by atoms with Gasteiger partial charge in [0.25, 0.3) is 0 Å². The van der Waals surface area contributed by atoms with E-state index in [0.29, 0.717) is 5.69 Å². The molecule has 0 aliphatic heterocycles. The first kappa shape index (κ1) is 11.1. The molecule has 1 aliphatic rings. The van der Waals surface area contributed by atoms with Gasteiger partial charge in [-0.15, -0.1) is 0 Å². The molecule has 0 spiro atoms. The van der Waals surface area contributed by atoms with Crippen molar-refractivity contribution in [1.82, 2.24) is 4.98 Å². The molecular weight excluding hydrogens is 222 g/mol. The Morgan fingerprint density at radius 3 is 2.83 bits per heavy atom. The number of aromatic nitrogens is 1. The third kappa shape index (κ3) is 2.04. The third-order valence-electron chi connectivity index (χ3n) is 3.43. The molecule has 0 saturated heterocycles. The van der Waals surface area contributed by atoms with E-state index in [0.717, 1.165) is 17.2 Å². The van der Waals surface area contributed by atoms with E-state index in [9.17, 15) is 0 Å². The van der Waals surface area contributed by atoms with E-state index in [1.807, 2.05) is 19.1 Å². The fourth-order valence-electron chi connectivity index (χ4n) is 2.45. The second-order valence-corrected chi connectivity index (χ2v) is 4.85. The molecule has 1 aromatic carbocycles. The average Bonchev–Trinajstić information content (AvgIpc) is 2.81. The van der Waals surface area contributed by atoms with Crippen LogP contribution in [0.2, 0.25) is 0 Å². The van der Waals surface area contributed by atoms with Crippen LogP contribution in [0.5, 0.6) is 0 Å². The number of aryl methyl sites for hydroxylation is 3. The van der Waals surface area contributed by atoms with Gasteiger partial charge in [0.15, 0.2) is 5.82 Å². The quantitative estimate of drug-likeness (QED) is 0.846. The largest absolute Gasteiger partial charge is 0.396 e. The van der Waals surface area contributed by atoms with E-state index in [-0.39, 0.29) is 0 Å². The lowest BCUT2D eigenvalue weighted by atomic mass is 10.1. The summed E-state index contributed by atoms with van der Waals surface area (Å²) in [5.41, 5.74) is 11.6. The summed E-state index contributed by atoms with van der Waals surface area (Å²) in [7, 11) is 0. The van der Waals surface area contributed by atoms with Crippen molar-refractivity contribution in [1.29, 1.82) is 0 Å². The van der Waals surface area contributed by atoms with Gasteiger partial charge in [0.05, 0.1) is 5.69 Å². The predicted molar refractivity (Wildman–Crippen MR) is 75.1 cm³/mol. The van der Waals surface area contributed by atoms with Crippen molar-refractivity contribution < 1.29 is 0 Å². The van der Waals surface area contributed by atoms with Crippen molar-refractivity contribution in [2.75, 3.05) is 11.1 Å². The number of fused-ring (bicyclic) bond motifs is 1. The van der Waals surface area contributed by atoms with E-state index in [1.54, 1.807) is 0 Å². The Bertz CT molecular complexity index is 590. The van der Waals surface area contributed by atoms with E-state index in [4.69, 9.17) is 5.73 Å². The lowest BCUT2D eigenvalue weighted by Crippen LogP contribution is -2.00. The fraction of sp³-hybridized carbons (Fsp3) is 0.267. The third-order valence-corrected chi connectivity index (χ3v) is 3.43. The SMILES string of the molecule is Cc1ccc(N)c(Nc2ccc3c(c2)CCC3)n1. The van der Waals surface area contributed by atoms with Gasteiger partial charge in [0, 0.05) is 11.4 Å². The second-order valence-electron chi connectivity index (χ2n) is 4.85. The van der Waals surface area contributed by atoms with E-state index < -0.39 is 0 Å². The van der Waals surface area contributed by atoms with E-state index >= 15 is 0 Å². The summed E-state index contributed by atoms with van der Waals surface area (Å²) in [6, 6.07) is 10.3. The molecule has 1 heterocycles. The Morgan fingerprint density at radius 2 is 1.94 bits per heavy atom. The molecule has 3 heteroatoms. The smallest absolute Gasteiger partial charge is 0.153 e. The van der Waals surface area contributed by atoms with Crippen LogP contribution in [-0.4, -0.2) is 4.98 Å². The Labute approximate surface area is 107 Å². The van der Waals surface area contributed by atoms with Gasteiger partial charge in [-0.2, -0.15) is 0 Å². The molecule has 92 valence electrons. The maximum Gasteiger partial charge on any atom is 0.153 e. The van der Waals surface area contributed by atoms with Crippen LogP contribution in [0.3, 0.4) is 0 Å². The molecule has 3 rings (SSSR count). The van der Waals surface area contributed by atoms with Crippen molar-refractivity contribution in [2.45, 2.75) is 26.2 Å². The monoisotopic (exact) mass is 239 g/mol. The van der Waals surface area contributed by atoms with E-state index in [2.05, 4.69) is 28.5 Å². The maximum absolute atomic E-state index is 5.93. The molecule has 0 amide bonds. The number of nitrogens with zero attached hydrogens (tertiary/aromatic N) is 1. The first-order valence-electron chi connectivity index (χ1n) is 6.34. The number of hydrogen-bond donors (Lipinski definition) is 2. The fourth-order valence-corrected chi connectivity index (χ4v) is 2.45. The highest BCUT2D eigenvalue weighted by Crippen LogP contribution is 2.27. The van der Waals surface area contributed by atoms with Crippen LogP contribution in [0, 0.1) is 6.92 Å². The van der Waals surface area contributed by atoms with Crippen LogP contribution in [-0.2, 0) is 12.8 Å². The number of pyridine rings is 1. The van der Waals surface area contributed by atoms with Crippen LogP contribution in [0.1, 0.15) is 23.2 Å². The molecule has 0 atom stereocenters. The normalized spacial score (nSPS) is 13.4. The summed E-state index contributed by atoms with van der Waals surface area (Å²) in [6.07, 6.45) is 3.66. The van der Waals surface area contributed by atoms with Crippen molar-refractivity contribution in [2.24, 2.45) is 0 Å². The Kier molecular flexibility index (Phi) is 2.67. The number of nitrogen functional groups attached to an aromatic ring is 1. The summed E-state index contributed by atoms with van der Waals surface area (Å²) in [5, 5.41) is 3.31. The Hall–Kier alpha value is -2.03. The standard InChI is InChI=1S/C15H17N3/c1-10-5-8-14(16)15(17-10)18-13-7-6-11-3-2-4-12(11)9-13/h5-9H,2-4,16H2,1H3,(H,17,18). The Morgan fingerprint density at radius 1 is 1.11 bits per heavy atom. The lowest BCUT2D eigenvalue weighted by Gasteiger charge is -2.10. The van der Waals surface area contributed by atoms with Crippen LogP contribution in [0.4, 0.5) is 17.2 Å². The molecule has 2 aromatic rings. The minimum Gasteiger partial charge on any atom is -0.396 e. The molecule has 1 aliphatic carbocycles. The molecule has 0 radical (unpaired) electrons. The van der Waals surface area contributed by atoms with Gasteiger partial charge in [0.2, 0.25) is 0 Å². The summed E-state index contributed by atoms with van der Waals surface area (Å²) in [6.45, 7) is 1.97. The number of rotatable bonds is 2. The molecule has 3 N–H and O–H groups in total. The topological polar surface area (TPSA) is 50.9 Å². The minimum absolute atomic E-state index is 0.682. The number of nitrogens with one attached hydrogen (secondary N) is 1. The number of hydrogen-bond acceptors (Lipinski definition) is 3. The van der Waals surface area contributed by atoms with Gasteiger partial charge < -0.3 is 11.1 Å². The zero-order chi connectivity index (χ0) is 12.5. The number of anilines is 3. The second kappa shape index (κ2) is 4.33. The van der Waals surface area contributed by atoms with Crippen molar-refractivity contribution in [3.63, 3.8) is 0 Å². The van der Waals surface area contributed by atoms with Gasteiger partial charge >= 0.3 is 0 Å². The maximum atomic E-state index is 5.93. The van der Waals surface area contributed by atoms with E-state index in [1.165, 1.54) is 30.4 Å². The van der Waals surface area contributed by atoms with Gasteiger partial charge in [-0.25, -0.2) is 4.98 Å². The van der Waals surface area contributed by atoms with Crippen LogP contribution in [0.25, 0.3) is 0 Å². The first-order valence-corrected chi connectivity index (χ1v) is 6.34. The minimum atomic E-state index is 0.682. The van der Waals surface area contributed by atoms with Crippen molar-refractivity contribution in [3.8, 4) is 0 Å². The zero-order valence-electron chi connectivity index (χ0n) is 10.5. The highest BCUT2D eigenvalue weighted by atomic mass is 15.0. The molecule has 0 fully saturated rings. The van der Waals surface area contributed by atoms with Crippen LogP contribution >= 0.6 is 0 Å². The average molecular weight is 239 g/mol.